The van der Waals surface area contributed by atoms with Gasteiger partial charge in [0.25, 0.3) is 0 Å². The average molecular weight is 314 g/mol. The number of rotatable bonds is 0. The van der Waals surface area contributed by atoms with E-state index in [1.165, 1.54) is 89.9 Å². The zero-order valence-electron chi connectivity index (χ0n) is 15.1. The molecule has 0 aromatic rings. The predicted octanol–water partition coefficient (Wildman–Crippen LogP) is 7.88. The molecule has 0 aromatic carbocycles. The van der Waals surface area contributed by atoms with E-state index in [4.69, 9.17) is 0 Å². The van der Waals surface area contributed by atoms with E-state index >= 15 is 0 Å². The van der Waals surface area contributed by atoms with Gasteiger partial charge in [-0.2, -0.15) is 0 Å². The van der Waals surface area contributed by atoms with Crippen LogP contribution in [0.2, 0.25) is 0 Å². The van der Waals surface area contributed by atoms with Gasteiger partial charge in [-0.3, -0.25) is 0 Å². The van der Waals surface area contributed by atoms with Gasteiger partial charge in [-0.1, -0.05) is 113 Å². The van der Waals surface area contributed by atoms with E-state index in [0.29, 0.717) is 0 Å². The van der Waals surface area contributed by atoms with Crippen molar-refractivity contribution in [2.24, 2.45) is 0 Å². The van der Waals surface area contributed by atoms with Gasteiger partial charge in [0.1, 0.15) is 0 Å². The third-order valence-corrected chi connectivity index (χ3v) is 4.49. The third-order valence-electron chi connectivity index (χ3n) is 4.49. The minimum Gasteiger partial charge on any atom is -0.0845 e. The van der Waals surface area contributed by atoms with Crippen molar-refractivity contribution < 1.29 is 0 Å². The monoisotopic (exact) mass is 313 g/mol. The summed E-state index contributed by atoms with van der Waals surface area (Å²) in [5.74, 6) is 0. The van der Waals surface area contributed by atoms with Crippen molar-refractivity contribution in [3.8, 4) is 0 Å². The fraction of sp³-hybridized carbons (Fsp3) is 0.652. The first kappa shape index (κ1) is 20.0. The van der Waals surface area contributed by atoms with Crippen molar-refractivity contribution in [2.45, 2.75) is 96.3 Å². The van der Waals surface area contributed by atoms with Gasteiger partial charge < -0.3 is 0 Å². The Hall–Kier alpha value is -1.04. The van der Waals surface area contributed by atoms with Crippen LogP contribution in [0.5, 0.6) is 0 Å². The summed E-state index contributed by atoms with van der Waals surface area (Å²) in [6.07, 6.45) is 39.0. The Labute approximate surface area is 145 Å². The molecule has 23 heavy (non-hydrogen) atoms. The van der Waals surface area contributed by atoms with Gasteiger partial charge in [0.15, 0.2) is 0 Å². The zero-order chi connectivity index (χ0) is 16.3. The molecule has 0 unspecified atom stereocenters. The first-order chi connectivity index (χ1) is 11.5. The van der Waals surface area contributed by atoms with E-state index < -0.39 is 0 Å². The second kappa shape index (κ2) is 17.3. The van der Waals surface area contributed by atoms with Gasteiger partial charge in [0.05, 0.1) is 0 Å². The molecule has 0 heterocycles. The van der Waals surface area contributed by atoms with Crippen molar-refractivity contribution in [2.75, 3.05) is 0 Å². The lowest BCUT2D eigenvalue weighted by Gasteiger charge is -2.02. The predicted molar refractivity (Wildman–Crippen MR) is 104 cm³/mol. The molecule has 129 valence electrons. The molecule has 0 N–H and O–H groups in total. The standard InChI is InChI=1S/C23H37/c1-2-4-6-8-10-12-14-16-18-20-22-23-21-19-17-15-13-11-9-7-5-3-1/h1-7H,8,10-23H2/b2-1+,5-3+,6-4+,9-7?. The molecule has 0 atom stereocenters. The molecule has 0 nitrogen and oxygen atoms in total. The smallest absolute Gasteiger partial charge is 0.0276 e. The maximum absolute atomic E-state index is 3.37. The van der Waals surface area contributed by atoms with Crippen LogP contribution in [-0.4, -0.2) is 0 Å². The highest BCUT2D eigenvalue weighted by molar-refractivity contribution is 5.14. The molecule has 0 saturated heterocycles. The molecule has 0 aromatic heterocycles. The van der Waals surface area contributed by atoms with Crippen molar-refractivity contribution in [3.05, 3.63) is 48.6 Å². The van der Waals surface area contributed by atoms with Crippen LogP contribution in [0.1, 0.15) is 96.3 Å². The molecule has 0 aliphatic heterocycles. The molecule has 0 amide bonds. The van der Waals surface area contributed by atoms with E-state index in [1.807, 2.05) is 0 Å². The van der Waals surface area contributed by atoms with Crippen LogP contribution in [0, 0.1) is 6.08 Å². The van der Waals surface area contributed by atoms with Gasteiger partial charge in [-0.25, -0.2) is 0 Å². The number of hydrogen-bond donors (Lipinski definition) is 0. The van der Waals surface area contributed by atoms with Gasteiger partial charge in [-0.05, 0) is 31.8 Å². The van der Waals surface area contributed by atoms with Crippen molar-refractivity contribution in [1.82, 2.24) is 0 Å². The lowest BCUT2D eigenvalue weighted by molar-refractivity contribution is 0.537. The maximum atomic E-state index is 3.37. The van der Waals surface area contributed by atoms with Gasteiger partial charge >= 0.3 is 0 Å². The highest BCUT2D eigenvalue weighted by atomic mass is 14.0. The lowest BCUT2D eigenvalue weighted by Crippen LogP contribution is -1.83. The molecule has 1 aliphatic rings. The summed E-state index contributed by atoms with van der Waals surface area (Å²) < 4.78 is 0. The summed E-state index contributed by atoms with van der Waals surface area (Å²) >= 11 is 0. The quantitative estimate of drug-likeness (QED) is 0.426. The summed E-state index contributed by atoms with van der Waals surface area (Å²) in [7, 11) is 0. The lowest BCUT2D eigenvalue weighted by atomic mass is 10.0. The maximum Gasteiger partial charge on any atom is -0.0276 e. The van der Waals surface area contributed by atoms with E-state index in [1.54, 1.807) is 0 Å². The summed E-state index contributed by atoms with van der Waals surface area (Å²) in [5.41, 5.74) is 0. The minimum atomic E-state index is 1.11. The Balaban J connectivity index is 2.21. The highest BCUT2D eigenvalue weighted by Crippen LogP contribution is 2.13. The molecule has 0 spiro atoms. The van der Waals surface area contributed by atoms with Crippen molar-refractivity contribution in [3.63, 3.8) is 0 Å². The SMILES string of the molecule is [C]1=C/C=C/C=C/C=C/CCCCCCCCCCCCCCC/1. The second-order valence-corrected chi connectivity index (χ2v) is 6.70. The molecule has 1 rings (SSSR count). The largest absolute Gasteiger partial charge is 0.0845 e. The van der Waals surface area contributed by atoms with Crippen LogP contribution in [-0.2, 0) is 0 Å². The van der Waals surface area contributed by atoms with Gasteiger partial charge in [0, 0.05) is 0 Å². The van der Waals surface area contributed by atoms with E-state index in [0.717, 1.165) is 6.42 Å². The topological polar surface area (TPSA) is 0 Å². The van der Waals surface area contributed by atoms with Crippen LogP contribution in [0.15, 0.2) is 42.5 Å². The Morgan fingerprint density at radius 1 is 0.435 bits per heavy atom. The minimum absolute atomic E-state index is 1.11. The first-order valence-electron chi connectivity index (χ1n) is 10.1. The summed E-state index contributed by atoms with van der Waals surface area (Å²) in [6, 6.07) is 0. The molecule has 1 aliphatic carbocycles. The Morgan fingerprint density at radius 2 is 0.913 bits per heavy atom. The fourth-order valence-electron chi connectivity index (χ4n) is 3.01. The normalized spacial score (nSPS) is 26.8. The van der Waals surface area contributed by atoms with Crippen LogP contribution in [0.25, 0.3) is 0 Å². The summed E-state index contributed by atoms with van der Waals surface area (Å²) in [6.45, 7) is 0. The third kappa shape index (κ3) is 15.6. The van der Waals surface area contributed by atoms with Crippen LogP contribution < -0.4 is 0 Å². The van der Waals surface area contributed by atoms with E-state index in [2.05, 4.69) is 48.6 Å². The Morgan fingerprint density at radius 3 is 1.57 bits per heavy atom. The van der Waals surface area contributed by atoms with Crippen molar-refractivity contribution in [1.29, 1.82) is 0 Å². The van der Waals surface area contributed by atoms with Crippen molar-refractivity contribution >= 4 is 0 Å². The first-order valence-corrected chi connectivity index (χ1v) is 10.1. The number of allylic oxidation sites excluding steroid dienone is 8. The van der Waals surface area contributed by atoms with E-state index in [-0.39, 0.29) is 0 Å². The molecular weight excluding hydrogens is 276 g/mol. The number of hydrogen-bond acceptors (Lipinski definition) is 0. The Kier molecular flexibility index (Phi) is 15.1. The second-order valence-electron chi connectivity index (χ2n) is 6.70. The molecule has 0 heteroatoms. The van der Waals surface area contributed by atoms with E-state index in [9.17, 15) is 0 Å². The van der Waals surface area contributed by atoms with Gasteiger partial charge in [-0.15, -0.1) is 0 Å². The highest BCUT2D eigenvalue weighted by Gasteiger charge is 1.94. The van der Waals surface area contributed by atoms with Gasteiger partial charge in [0.2, 0.25) is 0 Å². The molecular formula is C23H37. The molecule has 0 saturated carbocycles. The van der Waals surface area contributed by atoms with Crippen LogP contribution in [0.3, 0.4) is 0 Å². The fourth-order valence-corrected chi connectivity index (χ4v) is 3.01. The molecule has 0 bridgehead atoms. The summed E-state index contributed by atoms with van der Waals surface area (Å²) in [5, 5.41) is 0. The zero-order valence-corrected chi connectivity index (χ0v) is 15.1. The molecule has 0 fully saturated rings. The van der Waals surface area contributed by atoms with Crippen LogP contribution >= 0.6 is 0 Å². The molecule has 1 radical (unpaired) electrons. The Bertz CT molecular complexity index is 309. The average Bonchev–Trinajstić information content (AvgIpc) is 2.56. The summed E-state index contributed by atoms with van der Waals surface area (Å²) in [4.78, 5) is 0. The van der Waals surface area contributed by atoms with Crippen LogP contribution in [0.4, 0.5) is 0 Å².